The van der Waals surface area contributed by atoms with Crippen LogP contribution >= 0.6 is 0 Å². The Labute approximate surface area is 54.8 Å². The minimum Gasteiger partial charge on any atom is -0.463 e. The van der Waals surface area contributed by atoms with Gasteiger partial charge in [-0.25, -0.2) is 4.79 Å². The summed E-state index contributed by atoms with van der Waals surface area (Å²) in [6.45, 7) is 1.65. The fourth-order valence-corrected chi connectivity index (χ4v) is 0.336. The van der Waals surface area contributed by atoms with Crippen LogP contribution in [0.2, 0.25) is 5.82 Å². The highest BCUT2D eigenvalue weighted by atomic mass is 16.5. The maximum Gasteiger partial charge on any atom is 0.373 e. The first-order valence-corrected chi connectivity index (χ1v) is 2.71. The molecular weight excluding hydrogens is 119 g/mol. The van der Waals surface area contributed by atoms with Gasteiger partial charge in [0.1, 0.15) is 7.85 Å². The Kier molecular flexibility index (Phi) is 2.98. The molecule has 1 atom stereocenters. The van der Waals surface area contributed by atoms with Crippen molar-refractivity contribution in [1.82, 2.24) is 0 Å². The van der Waals surface area contributed by atoms with Gasteiger partial charge in [-0.2, -0.15) is 0 Å². The van der Waals surface area contributed by atoms with E-state index in [1.54, 1.807) is 14.8 Å². The van der Waals surface area contributed by atoms with Gasteiger partial charge in [-0.15, -0.1) is 0 Å². The monoisotopic (exact) mass is 128 g/mol. The predicted molar refractivity (Wildman–Crippen MR) is 35.0 cm³/mol. The van der Waals surface area contributed by atoms with Gasteiger partial charge in [0, 0.05) is 0 Å². The van der Waals surface area contributed by atoms with Crippen LogP contribution in [0.25, 0.3) is 0 Å². The van der Waals surface area contributed by atoms with Crippen LogP contribution in [0.3, 0.4) is 0 Å². The summed E-state index contributed by atoms with van der Waals surface area (Å²) in [7, 11) is 2.85. The first-order valence-electron chi connectivity index (χ1n) is 2.71. The Morgan fingerprint density at radius 2 is 2.00 bits per heavy atom. The molecule has 0 aromatic rings. The average molecular weight is 128 g/mol. The lowest BCUT2D eigenvalue weighted by molar-refractivity contribution is -0.151. The maximum absolute atomic E-state index is 10.6. The Bertz CT molecular complexity index is 130. The number of esters is 1. The van der Waals surface area contributed by atoms with E-state index in [0.717, 1.165) is 0 Å². The zero-order valence-corrected chi connectivity index (χ0v) is 5.80. The molecule has 0 aromatic heterocycles. The highest BCUT2D eigenvalue weighted by Crippen LogP contribution is 1.97. The van der Waals surface area contributed by atoms with Crippen molar-refractivity contribution in [3.05, 3.63) is 0 Å². The second-order valence-corrected chi connectivity index (χ2v) is 2.01. The van der Waals surface area contributed by atoms with E-state index < -0.39 is 11.8 Å². The molecule has 0 saturated carbocycles. The molecule has 0 amide bonds. The lowest BCUT2D eigenvalue weighted by Crippen LogP contribution is -2.19. The number of hydrogen-bond acceptors (Lipinski definition) is 3. The van der Waals surface area contributed by atoms with E-state index in [9.17, 15) is 9.59 Å². The van der Waals surface area contributed by atoms with Crippen molar-refractivity contribution >= 4 is 19.6 Å². The van der Waals surface area contributed by atoms with Gasteiger partial charge >= 0.3 is 5.97 Å². The molecular formula is C5H9BO3. The average Bonchev–Trinajstić information content (AvgIpc) is 1.84. The highest BCUT2D eigenvalue weighted by Gasteiger charge is 2.16. The van der Waals surface area contributed by atoms with Crippen LogP contribution < -0.4 is 0 Å². The Hall–Kier alpha value is -0.795. The first kappa shape index (κ1) is 8.20. The molecule has 0 saturated heterocycles. The van der Waals surface area contributed by atoms with Crippen molar-refractivity contribution in [3.8, 4) is 0 Å². The van der Waals surface area contributed by atoms with Crippen LogP contribution in [-0.2, 0) is 14.3 Å². The molecule has 3 nitrogen and oxygen atoms in total. The molecule has 0 N–H and O–H groups in total. The number of methoxy groups -OCH3 is 1. The zero-order chi connectivity index (χ0) is 7.44. The molecule has 0 radical (unpaired) electrons. The molecule has 0 aliphatic carbocycles. The maximum atomic E-state index is 10.6. The second-order valence-electron chi connectivity index (χ2n) is 2.01. The van der Waals surface area contributed by atoms with Gasteiger partial charge in [0.05, 0.1) is 7.11 Å². The Balaban J connectivity index is 3.89. The van der Waals surface area contributed by atoms with Crippen LogP contribution in [0.4, 0.5) is 0 Å². The number of ether oxygens (including phenoxy) is 1. The molecule has 0 heterocycles. The summed E-state index contributed by atoms with van der Waals surface area (Å²) in [5, 5.41) is 0. The molecule has 4 heteroatoms. The Morgan fingerprint density at radius 1 is 1.56 bits per heavy atom. The fraction of sp³-hybridized carbons (Fsp3) is 0.600. The van der Waals surface area contributed by atoms with Gasteiger partial charge in [0.2, 0.25) is 5.78 Å². The normalized spacial score (nSPS) is 12.2. The van der Waals surface area contributed by atoms with Crippen LogP contribution in [0.1, 0.15) is 6.92 Å². The summed E-state index contributed by atoms with van der Waals surface area (Å²) >= 11 is 0. The van der Waals surface area contributed by atoms with E-state index in [2.05, 4.69) is 4.74 Å². The quantitative estimate of drug-likeness (QED) is 0.277. The molecule has 9 heavy (non-hydrogen) atoms. The van der Waals surface area contributed by atoms with Gasteiger partial charge in [-0.05, 0) is 5.82 Å². The van der Waals surface area contributed by atoms with E-state index in [1.807, 2.05) is 0 Å². The lowest BCUT2D eigenvalue weighted by Gasteiger charge is -1.98. The summed E-state index contributed by atoms with van der Waals surface area (Å²) in [6.07, 6.45) is 0. The van der Waals surface area contributed by atoms with Crippen LogP contribution in [0.15, 0.2) is 0 Å². The molecule has 0 spiro atoms. The van der Waals surface area contributed by atoms with Gasteiger partial charge in [-0.1, -0.05) is 6.92 Å². The van der Waals surface area contributed by atoms with Gasteiger partial charge in [0.15, 0.2) is 0 Å². The largest absolute Gasteiger partial charge is 0.463 e. The number of rotatable bonds is 2. The number of Topliss-reactive ketones (excluding diaryl/α,β-unsaturated/α-hetero) is 1. The third-order valence-corrected chi connectivity index (χ3v) is 0.911. The van der Waals surface area contributed by atoms with Crippen LogP contribution in [-0.4, -0.2) is 26.7 Å². The molecule has 50 valence electrons. The lowest BCUT2D eigenvalue weighted by atomic mass is 9.86. The van der Waals surface area contributed by atoms with Crippen molar-refractivity contribution in [2.45, 2.75) is 12.7 Å². The molecule has 0 bridgehead atoms. The highest BCUT2D eigenvalue weighted by molar-refractivity contribution is 6.44. The fourth-order valence-electron chi connectivity index (χ4n) is 0.336. The van der Waals surface area contributed by atoms with Gasteiger partial charge < -0.3 is 4.74 Å². The van der Waals surface area contributed by atoms with E-state index >= 15 is 0 Å². The van der Waals surface area contributed by atoms with Crippen LogP contribution in [0.5, 0.6) is 0 Å². The van der Waals surface area contributed by atoms with E-state index in [1.165, 1.54) is 7.11 Å². The third kappa shape index (κ3) is 2.30. The molecule has 0 aliphatic rings. The number of carbonyl (C=O) groups is 2. The number of hydrogen-bond donors (Lipinski definition) is 0. The Morgan fingerprint density at radius 3 is 2.11 bits per heavy atom. The number of carbonyl (C=O) groups excluding carboxylic acids is 2. The third-order valence-electron chi connectivity index (χ3n) is 0.911. The zero-order valence-electron chi connectivity index (χ0n) is 5.80. The van der Waals surface area contributed by atoms with E-state index in [4.69, 9.17) is 0 Å². The SMILES string of the molecule is BC(C)C(=O)C(=O)OC. The van der Waals surface area contributed by atoms with E-state index in [0.29, 0.717) is 0 Å². The van der Waals surface area contributed by atoms with Gasteiger partial charge in [-0.3, -0.25) is 4.79 Å². The minimum atomic E-state index is -0.759. The summed E-state index contributed by atoms with van der Waals surface area (Å²) in [5.41, 5.74) is 0. The first-order chi connectivity index (χ1) is 4.09. The molecule has 1 unspecified atom stereocenters. The smallest absolute Gasteiger partial charge is 0.373 e. The second kappa shape index (κ2) is 3.27. The summed E-state index contributed by atoms with van der Waals surface area (Å²) in [4.78, 5) is 21.0. The van der Waals surface area contributed by atoms with Gasteiger partial charge in [0.25, 0.3) is 0 Å². The topological polar surface area (TPSA) is 43.4 Å². The van der Waals surface area contributed by atoms with Crippen molar-refractivity contribution in [2.75, 3.05) is 7.11 Å². The molecule has 0 fully saturated rings. The van der Waals surface area contributed by atoms with Crippen molar-refractivity contribution in [3.63, 3.8) is 0 Å². The molecule has 0 aliphatic heterocycles. The summed E-state index contributed by atoms with van der Waals surface area (Å²) in [5.74, 6) is -1.50. The summed E-state index contributed by atoms with van der Waals surface area (Å²) < 4.78 is 4.18. The van der Waals surface area contributed by atoms with Crippen molar-refractivity contribution in [1.29, 1.82) is 0 Å². The molecule has 0 aromatic carbocycles. The standard InChI is InChI=1S/C5H9BO3/c1-3(6)4(7)5(8)9-2/h3H,6H2,1-2H3. The molecule has 0 rings (SSSR count). The summed E-state index contributed by atoms with van der Waals surface area (Å²) in [6, 6.07) is 0. The van der Waals surface area contributed by atoms with E-state index in [-0.39, 0.29) is 5.82 Å². The predicted octanol–water partition coefficient (Wildman–Crippen LogP) is -0.830. The van der Waals surface area contributed by atoms with Crippen molar-refractivity contribution in [2.24, 2.45) is 0 Å². The van der Waals surface area contributed by atoms with Crippen molar-refractivity contribution < 1.29 is 14.3 Å². The van der Waals surface area contributed by atoms with Crippen LogP contribution in [0, 0.1) is 0 Å². The number of ketones is 1. The minimum absolute atomic E-state index is 0.266.